The van der Waals surface area contributed by atoms with Crippen molar-refractivity contribution in [1.82, 2.24) is 9.88 Å². The molecule has 2 spiro atoms. The van der Waals surface area contributed by atoms with E-state index in [1.165, 1.54) is 13.1 Å². The van der Waals surface area contributed by atoms with Crippen LogP contribution in [0.25, 0.3) is 11.1 Å². The number of amides is 1. The molecular formula is C35H45BF6N4O4. The maximum absolute atomic E-state index is 14.2. The zero-order valence-corrected chi connectivity index (χ0v) is 27.8. The number of fused-ring (bicyclic) bond motifs is 3. The summed E-state index contributed by atoms with van der Waals surface area (Å²) in [4.78, 5) is 24.6. The van der Waals surface area contributed by atoms with Crippen molar-refractivity contribution >= 4 is 19.0 Å². The fourth-order valence-electron chi connectivity index (χ4n) is 6.89. The van der Waals surface area contributed by atoms with Gasteiger partial charge in [0, 0.05) is 42.1 Å². The van der Waals surface area contributed by atoms with Crippen LogP contribution in [0.3, 0.4) is 0 Å². The minimum Gasteiger partial charge on any atom is -0.423 e. The zero-order chi connectivity index (χ0) is 36.5. The number of nitrogens with two attached hydrogens (primary N) is 1. The van der Waals surface area contributed by atoms with Crippen LogP contribution in [0.2, 0.25) is 0 Å². The lowest BCUT2D eigenvalue weighted by Gasteiger charge is -2.45. The molecule has 274 valence electrons. The maximum Gasteiger partial charge on any atom is 0.483 e. The highest BCUT2D eigenvalue weighted by atomic mass is 19.4. The van der Waals surface area contributed by atoms with E-state index in [0.29, 0.717) is 23.6 Å². The van der Waals surface area contributed by atoms with Crippen molar-refractivity contribution in [3.8, 4) is 11.1 Å². The highest BCUT2D eigenvalue weighted by molar-refractivity contribution is 6.50. The summed E-state index contributed by atoms with van der Waals surface area (Å²) in [7, 11) is -0.160. The molecule has 4 aliphatic rings. The van der Waals surface area contributed by atoms with Crippen molar-refractivity contribution in [2.75, 3.05) is 7.11 Å². The highest BCUT2D eigenvalue weighted by Crippen LogP contribution is 2.63. The molecule has 0 radical (unpaired) electrons. The lowest BCUT2D eigenvalue weighted by atomic mass is 9.61. The number of aromatic nitrogens is 1. The van der Waals surface area contributed by atoms with Crippen molar-refractivity contribution < 1.29 is 45.9 Å². The molecule has 2 saturated carbocycles. The number of carbonyl (C=O) groups excluding carboxylic acids is 1. The Labute approximate surface area is 289 Å². The Morgan fingerprint density at radius 2 is 1.68 bits per heavy atom. The molecule has 50 heavy (non-hydrogen) atoms. The number of carbonyl (C=O) groups is 1. The number of pyridine rings is 1. The Balaban J connectivity index is 0.000000387. The second-order valence-corrected chi connectivity index (χ2v) is 12.6. The van der Waals surface area contributed by atoms with Gasteiger partial charge in [0.25, 0.3) is 5.91 Å². The smallest absolute Gasteiger partial charge is 0.423 e. The quantitative estimate of drug-likeness (QED) is 0.172. The average molecular weight is 711 g/mol. The number of methoxy groups -OCH3 is 1. The van der Waals surface area contributed by atoms with E-state index in [1.54, 1.807) is 12.0 Å². The summed E-state index contributed by atoms with van der Waals surface area (Å²) in [5, 5.41) is 16.8. The summed E-state index contributed by atoms with van der Waals surface area (Å²) in [5.74, 6) is 0.163. The van der Waals surface area contributed by atoms with E-state index in [-0.39, 0.29) is 36.9 Å². The molecule has 1 atom stereocenters. The molecule has 0 saturated heterocycles. The number of alkyl halides is 6. The summed E-state index contributed by atoms with van der Waals surface area (Å²) in [5.41, 5.74) is 5.39. The summed E-state index contributed by atoms with van der Waals surface area (Å²) < 4.78 is 80.9. The molecule has 1 amide bonds. The van der Waals surface area contributed by atoms with Gasteiger partial charge in [0.2, 0.25) is 0 Å². The fourth-order valence-corrected chi connectivity index (χ4v) is 6.89. The molecule has 1 aliphatic heterocycles. The number of guanidine groups is 1. The third-order valence-corrected chi connectivity index (χ3v) is 9.56. The molecule has 8 nitrogen and oxygen atoms in total. The van der Waals surface area contributed by atoms with Crippen LogP contribution < -0.4 is 5.73 Å². The van der Waals surface area contributed by atoms with E-state index >= 15 is 0 Å². The van der Waals surface area contributed by atoms with E-state index in [1.807, 2.05) is 32.0 Å². The molecule has 2 heterocycles. The SMILES string of the molecule is C.C=C(/C=C(\C)B(O)O)C(F)(F)F.CC.COC1CCC2(CC1)Cc1ccc(-c3cncc(C(F)(F)F)c3)cc1C21N=C(N)N(C2CC2)C1=O. The summed E-state index contributed by atoms with van der Waals surface area (Å²) in [6, 6.07) is 6.77. The fraction of sp³-hybridized carbons (Fsp3) is 0.514. The van der Waals surface area contributed by atoms with Gasteiger partial charge in [-0.15, -0.1) is 0 Å². The molecule has 0 bridgehead atoms. The van der Waals surface area contributed by atoms with Crippen LogP contribution in [-0.2, 0) is 27.7 Å². The lowest BCUT2D eigenvalue weighted by Crippen LogP contribution is -2.52. The van der Waals surface area contributed by atoms with Gasteiger partial charge in [-0.25, -0.2) is 4.99 Å². The van der Waals surface area contributed by atoms with Crippen molar-refractivity contribution in [2.24, 2.45) is 16.1 Å². The number of hydrogen-bond acceptors (Lipinski definition) is 7. The Bertz CT molecular complexity index is 1610. The van der Waals surface area contributed by atoms with Crippen molar-refractivity contribution in [1.29, 1.82) is 0 Å². The molecule has 3 aliphatic carbocycles. The van der Waals surface area contributed by atoms with E-state index < -0.39 is 41.6 Å². The second-order valence-electron chi connectivity index (χ2n) is 12.6. The minimum absolute atomic E-state index is 0. The van der Waals surface area contributed by atoms with Crippen LogP contribution in [0.15, 0.2) is 65.4 Å². The Morgan fingerprint density at radius 1 is 1.06 bits per heavy atom. The lowest BCUT2D eigenvalue weighted by molar-refractivity contribution is -0.139. The summed E-state index contributed by atoms with van der Waals surface area (Å²) in [6.07, 6.45) is -0.375. The highest BCUT2D eigenvalue weighted by Gasteiger charge is 2.67. The Hall–Kier alpha value is -3.69. The van der Waals surface area contributed by atoms with Crippen LogP contribution >= 0.6 is 0 Å². The van der Waals surface area contributed by atoms with E-state index in [9.17, 15) is 31.1 Å². The number of benzene rings is 1. The van der Waals surface area contributed by atoms with Crippen molar-refractivity contribution in [3.63, 3.8) is 0 Å². The van der Waals surface area contributed by atoms with E-state index in [4.69, 9.17) is 25.5 Å². The van der Waals surface area contributed by atoms with Gasteiger partial charge in [-0.05, 0) is 86.2 Å². The van der Waals surface area contributed by atoms with Crippen LogP contribution in [-0.4, -0.2) is 64.3 Å². The van der Waals surface area contributed by atoms with Gasteiger partial charge in [-0.1, -0.05) is 46.1 Å². The molecule has 2 aromatic rings. The average Bonchev–Trinajstić information content (AvgIpc) is 3.80. The Kier molecular flexibility index (Phi) is 12.5. The molecule has 1 aromatic carbocycles. The van der Waals surface area contributed by atoms with Crippen LogP contribution in [0.1, 0.15) is 83.4 Å². The molecule has 2 fully saturated rings. The summed E-state index contributed by atoms with van der Waals surface area (Å²) >= 11 is 0. The van der Waals surface area contributed by atoms with Crippen LogP contribution in [0.5, 0.6) is 0 Å². The standard InChI is InChI=1S/C26H27F3N4O2.C6H8BF3O2.C2H6.CH4/c1-35-20-6-8-24(9-7-20)12-16-3-2-15(17-10-18(14-31-13-17)26(27,28)29)11-21(16)25(24)22(34)33(19-4-5-19)23(30)32-25;1-4(6(8,9)10)3-5(2)7(11)12;1-2;/h2-3,10-11,13-14,19-20H,4-9,12H2,1H3,(H2,30,32);3,11-12H,1H2,2H3;1-2H3;1H4/b;5-3+;;. The predicted molar refractivity (Wildman–Crippen MR) is 180 cm³/mol. The van der Waals surface area contributed by atoms with Gasteiger partial charge in [-0.3, -0.25) is 14.7 Å². The topological polar surface area (TPSA) is 121 Å². The van der Waals surface area contributed by atoms with Gasteiger partial charge >= 0.3 is 19.5 Å². The van der Waals surface area contributed by atoms with Crippen LogP contribution in [0, 0.1) is 5.41 Å². The van der Waals surface area contributed by atoms with Crippen LogP contribution in [0.4, 0.5) is 26.3 Å². The monoisotopic (exact) mass is 710 g/mol. The zero-order valence-electron chi connectivity index (χ0n) is 27.8. The third kappa shape index (κ3) is 7.79. The van der Waals surface area contributed by atoms with E-state index in [0.717, 1.165) is 61.9 Å². The first-order valence-electron chi connectivity index (χ1n) is 16.1. The number of ether oxygens (including phenoxy) is 1. The first kappa shape index (κ1) is 40.7. The van der Waals surface area contributed by atoms with Crippen molar-refractivity contribution in [3.05, 3.63) is 77.1 Å². The molecule has 6 rings (SSSR count). The molecule has 1 unspecified atom stereocenters. The van der Waals surface area contributed by atoms with Crippen molar-refractivity contribution in [2.45, 2.75) is 103 Å². The number of nitrogens with zero attached hydrogens (tertiary/aromatic N) is 3. The normalized spacial score (nSPS) is 24.4. The van der Waals surface area contributed by atoms with Gasteiger partial charge in [0.15, 0.2) is 11.5 Å². The molecular weight excluding hydrogens is 665 g/mol. The van der Waals surface area contributed by atoms with Gasteiger partial charge in [-0.2, -0.15) is 26.3 Å². The van der Waals surface area contributed by atoms with Gasteiger partial charge in [0.1, 0.15) is 0 Å². The molecule has 1 aromatic heterocycles. The van der Waals surface area contributed by atoms with Gasteiger partial charge in [0.05, 0.1) is 11.7 Å². The first-order valence-corrected chi connectivity index (χ1v) is 16.1. The minimum atomic E-state index is -4.52. The van der Waals surface area contributed by atoms with Gasteiger partial charge < -0.3 is 20.5 Å². The molecule has 4 N–H and O–H groups in total. The Morgan fingerprint density at radius 3 is 2.20 bits per heavy atom. The number of hydrogen-bond donors (Lipinski definition) is 3. The number of aliphatic imine (C=N–C) groups is 1. The first-order chi connectivity index (χ1) is 22.9. The predicted octanol–water partition coefficient (Wildman–Crippen LogP) is 7.14. The maximum atomic E-state index is 14.2. The molecule has 15 heteroatoms. The number of allylic oxidation sites excluding steroid dienone is 3. The number of halogens is 6. The summed E-state index contributed by atoms with van der Waals surface area (Å²) in [6.45, 7) is 7.89. The largest absolute Gasteiger partial charge is 0.483 e. The second kappa shape index (κ2) is 15.3. The number of rotatable bonds is 5. The third-order valence-electron chi connectivity index (χ3n) is 9.56. The van der Waals surface area contributed by atoms with E-state index in [2.05, 4.69) is 11.6 Å².